The van der Waals surface area contributed by atoms with Gasteiger partial charge in [-0.2, -0.15) is 0 Å². The second-order valence-electron chi connectivity index (χ2n) is 9.53. The Kier molecular flexibility index (Phi) is 7.97. The number of ether oxygens (including phenoxy) is 1. The molecule has 1 amide bonds. The van der Waals surface area contributed by atoms with E-state index in [1.54, 1.807) is 18.3 Å². The molecule has 194 valence electrons. The van der Waals surface area contributed by atoms with Crippen LogP contribution in [0.25, 0.3) is 22.6 Å². The fraction of sp³-hybridized carbons (Fsp3) is 0.417. The average molecular weight is 519 g/mol. The highest BCUT2D eigenvalue weighted by molar-refractivity contribution is 7.92. The third-order valence-corrected chi connectivity index (χ3v) is 5.87. The van der Waals surface area contributed by atoms with E-state index in [4.69, 9.17) is 0 Å². The van der Waals surface area contributed by atoms with Crippen LogP contribution < -0.4 is 10.0 Å². The predicted octanol–water partition coefficient (Wildman–Crippen LogP) is 4.02. The third kappa shape index (κ3) is 6.78. The highest BCUT2D eigenvalue weighted by Gasteiger charge is 2.25. The zero-order valence-corrected chi connectivity index (χ0v) is 22.0. The molecule has 2 aromatic heterocycles. The van der Waals surface area contributed by atoms with Crippen LogP contribution in [0.15, 0.2) is 30.5 Å². The van der Waals surface area contributed by atoms with E-state index in [0.29, 0.717) is 41.6 Å². The fourth-order valence-corrected chi connectivity index (χ4v) is 4.00. The molecular formula is C24H31FN6O4S. The van der Waals surface area contributed by atoms with Gasteiger partial charge in [-0.1, -0.05) is 26.8 Å². The number of carbonyl (C=O) groups is 1. The van der Waals surface area contributed by atoms with Gasteiger partial charge in [-0.05, 0) is 31.5 Å². The lowest BCUT2D eigenvalue weighted by Gasteiger charge is -2.14. The number of aromatic nitrogens is 4. The van der Waals surface area contributed by atoms with Crippen LogP contribution in [-0.4, -0.2) is 53.9 Å². The summed E-state index contributed by atoms with van der Waals surface area (Å²) < 4.78 is 45.7. The maximum atomic E-state index is 15.5. The van der Waals surface area contributed by atoms with Crippen LogP contribution in [0, 0.1) is 5.82 Å². The number of rotatable bonds is 8. The Balaban J connectivity index is 2.02. The van der Waals surface area contributed by atoms with E-state index in [0.717, 1.165) is 6.26 Å². The van der Waals surface area contributed by atoms with Crippen molar-refractivity contribution in [1.82, 2.24) is 25.3 Å². The molecule has 3 aromatic rings. The fourth-order valence-electron chi connectivity index (χ4n) is 3.44. The van der Waals surface area contributed by atoms with Crippen molar-refractivity contribution in [3.8, 4) is 22.6 Å². The molecule has 0 radical (unpaired) electrons. The van der Waals surface area contributed by atoms with Crippen molar-refractivity contribution in [2.24, 2.45) is 0 Å². The lowest BCUT2D eigenvalue weighted by molar-refractivity contribution is 0.167. The minimum absolute atomic E-state index is 0.126. The van der Waals surface area contributed by atoms with Crippen LogP contribution >= 0.6 is 0 Å². The minimum atomic E-state index is -3.68. The zero-order chi connectivity index (χ0) is 26.7. The van der Waals surface area contributed by atoms with E-state index in [1.807, 2.05) is 27.7 Å². The van der Waals surface area contributed by atoms with Crippen molar-refractivity contribution in [1.29, 1.82) is 0 Å². The maximum absolute atomic E-state index is 15.5. The zero-order valence-electron chi connectivity index (χ0n) is 21.1. The van der Waals surface area contributed by atoms with Gasteiger partial charge in [-0.25, -0.2) is 32.6 Å². The molecule has 1 aromatic carbocycles. The van der Waals surface area contributed by atoms with E-state index in [-0.39, 0.29) is 22.7 Å². The van der Waals surface area contributed by atoms with Gasteiger partial charge in [0.2, 0.25) is 10.0 Å². The van der Waals surface area contributed by atoms with Crippen molar-refractivity contribution in [2.75, 3.05) is 18.1 Å². The summed E-state index contributed by atoms with van der Waals surface area (Å²) in [4.78, 5) is 28.3. The molecule has 0 saturated carbocycles. The molecule has 0 aliphatic heterocycles. The second-order valence-corrected chi connectivity index (χ2v) is 11.3. The first-order valence-corrected chi connectivity index (χ1v) is 13.2. The van der Waals surface area contributed by atoms with Crippen molar-refractivity contribution >= 4 is 21.8 Å². The van der Waals surface area contributed by atoms with Gasteiger partial charge in [0.1, 0.15) is 17.3 Å². The molecule has 0 unspecified atom stereocenters. The molecule has 3 rings (SSSR count). The molecule has 2 heterocycles. The number of methoxy groups -OCH3 is 1. The van der Waals surface area contributed by atoms with Crippen molar-refractivity contribution in [2.45, 2.75) is 52.0 Å². The number of alkyl carbamates (subject to hydrolysis) is 1. The van der Waals surface area contributed by atoms with Gasteiger partial charge in [-0.15, -0.1) is 0 Å². The summed E-state index contributed by atoms with van der Waals surface area (Å²) in [6, 6.07) is 5.99. The Labute approximate surface area is 210 Å². The van der Waals surface area contributed by atoms with E-state index >= 15 is 4.39 Å². The summed E-state index contributed by atoms with van der Waals surface area (Å²) in [5, 5.41) is 2.70. The summed E-state index contributed by atoms with van der Waals surface area (Å²) >= 11 is 0. The van der Waals surface area contributed by atoms with Crippen molar-refractivity contribution in [3.05, 3.63) is 47.9 Å². The van der Waals surface area contributed by atoms with Crippen LogP contribution in [0.2, 0.25) is 0 Å². The van der Waals surface area contributed by atoms with Gasteiger partial charge < -0.3 is 15.0 Å². The van der Waals surface area contributed by atoms with Gasteiger partial charge in [0, 0.05) is 29.6 Å². The third-order valence-electron chi connectivity index (χ3n) is 5.28. The first-order chi connectivity index (χ1) is 16.8. The van der Waals surface area contributed by atoms with Crippen LogP contribution in [0.5, 0.6) is 0 Å². The van der Waals surface area contributed by atoms with Crippen LogP contribution in [-0.2, 0) is 26.6 Å². The number of anilines is 1. The molecular weight excluding hydrogens is 487 g/mol. The van der Waals surface area contributed by atoms with Gasteiger partial charge in [0.05, 0.1) is 30.4 Å². The Hall–Kier alpha value is -3.54. The highest BCUT2D eigenvalue weighted by Crippen LogP contribution is 2.35. The SMILES string of the molecule is COC(=O)N[C@@H](C)CCc1nccc(-c2[nH]c(C(C)(C)C)nc2-c2cccc(NS(C)(=O)=O)c2F)n1. The lowest BCUT2D eigenvalue weighted by atomic mass is 9.96. The first-order valence-electron chi connectivity index (χ1n) is 11.3. The van der Waals surface area contributed by atoms with Gasteiger partial charge in [0.15, 0.2) is 5.82 Å². The van der Waals surface area contributed by atoms with Crippen LogP contribution in [0.3, 0.4) is 0 Å². The van der Waals surface area contributed by atoms with Crippen LogP contribution in [0.1, 0.15) is 45.8 Å². The summed E-state index contributed by atoms with van der Waals surface area (Å²) in [6.07, 6.45) is 3.12. The second kappa shape index (κ2) is 10.6. The number of hydrogen-bond donors (Lipinski definition) is 3. The smallest absolute Gasteiger partial charge is 0.407 e. The quantitative estimate of drug-likeness (QED) is 0.409. The standard InChI is InChI=1S/C24H31FN6O4S/c1-14(27-23(32)35-5)10-11-18-26-13-12-17(28-18)21-20(29-22(30-21)24(2,3)4)15-8-7-9-16(19(15)25)31-36(6,33)34/h7-9,12-14,31H,10-11H2,1-6H3,(H,27,32)(H,29,30)/t14-/m0/s1. The monoisotopic (exact) mass is 518 g/mol. The van der Waals surface area contributed by atoms with Crippen LogP contribution in [0.4, 0.5) is 14.9 Å². The Morgan fingerprint density at radius 1 is 1.22 bits per heavy atom. The molecule has 0 spiro atoms. The van der Waals surface area contributed by atoms with E-state index < -0.39 is 21.9 Å². The number of aromatic amines is 1. The van der Waals surface area contributed by atoms with Gasteiger partial charge in [0.25, 0.3) is 0 Å². The molecule has 12 heteroatoms. The van der Waals surface area contributed by atoms with Crippen molar-refractivity contribution in [3.63, 3.8) is 0 Å². The highest BCUT2D eigenvalue weighted by atomic mass is 32.2. The number of benzene rings is 1. The first kappa shape index (κ1) is 27.1. The molecule has 3 N–H and O–H groups in total. The number of sulfonamides is 1. The lowest BCUT2D eigenvalue weighted by Crippen LogP contribution is -2.32. The molecule has 0 aliphatic carbocycles. The van der Waals surface area contributed by atoms with E-state index in [2.05, 4.69) is 34.7 Å². The minimum Gasteiger partial charge on any atom is -0.453 e. The Morgan fingerprint density at radius 2 is 1.94 bits per heavy atom. The molecule has 0 saturated heterocycles. The number of H-pyrrole nitrogens is 1. The largest absolute Gasteiger partial charge is 0.453 e. The number of carbonyl (C=O) groups excluding carboxylic acids is 1. The summed E-state index contributed by atoms with van der Waals surface area (Å²) in [7, 11) is -2.38. The Bertz CT molecular complexity index is 1350. The van der Waals surface area contributed by atoms with E-state index in [9.17, 15) is 13.2 Å². The number of nitrogens with zero attached hydrogens (tertiary/aromatic N) is 3. The number of aryl methyl sites for hydroxylation is 1. The summed E-state index contributed by atoms with van der Waals surface area (Å²) in [6.45, 7) is 7.76. The average Bonchev–Trinajstić information content (AvgIpc) is 3.24. The topological polar surface area (TPSA) is 139 Å². The summed E-state index contributed by atoms with van der Waals surface area (Å²) in [5.74, 6) is 0.411. The molecule has 0 aliphatic rings. The predicted molar refractivity (Wildman–Crippen MR) is 135 cm³/mol. The number of amides is 1. The summed E-state index contributed by atoms with van der Waals surface area (Å²) in [5.41, 5.74) is 0.877. The molecule has 0 fully saturated rings. The normalized spacial score (nSPS) is 12.8. The number of halogens is 1. The number of nitrogens with one attached hydrogen (secondary N) is 3. The van der Waals surface area contributed by atoms with Gasteiger partial charge >= 0.3 is 6.09 Å². The number of imidazole rings is 1. The molecule has 1 atom stereocenters. The van der Waals surface area contributed by atoms with E-state index in [1.165, 1.54) is 19.2 Å². The van der Waals surface area contributed by atoms with Gasteiger partial charge in [-0.3, -0.25) is 4.72 Å². The van der Waals surface area contributed by atoms with Crippen molar-refractivity contribution < 1.29 is 22.3 Å². The Morgan fingerprint density at radius 3 is 2.58 bits per heavy atom. The maximum Gasteiger partial charge on any atom is 0.407 e. The molecule has 10 nitrogen and oxygen atoms in total. The number of hydrogen-bond acceptors (Lipinski definition) is 7. The molecule has 36 heavy (non-hydrogen) atoms. The molecule has 0 bridgehead atoms.